The van der Waals surface area contributed by atoms with Crippen molar-refractivity contribution < 1.29 is 0 Å². The fourth-order valence-corrected chi connectivity index (χ4v) is 1.90. The zero-order valence-corrected chi connectivity index (χ0v) is 12.7. The van der Waals surface area contributed by atoms with Gasteiger partial charge in [0.05, 0.1) is 0 Å². The Bertz CT molecular complexity index is 300. The molecule has 0 aliphatic heterocycles. The molecule has 0 nitrogen and oxygen atoms in total. The van der Waals surface area contributed by atoms with Crippen LogP contribution in [-0.2, 0) is 0 Å². The lowest BCUT2D eigenvalue weighted by Crippen LogP contribution is -1.82. The van der Waals surface area contributed by atoms with Crippen LogP contribution in [0.1, 0.15) is 66.2 Å². The largest absolute Gasteiger partial charge is 0.0888 e. The summed E-state index contributed by atoms with van der Waals surface area (Å²) >= 11 is 0. The lowest BCUT2D eigenvalue weighted by molar-refractivity contribution is 0.895. The molecule has 0 spiro atoms. The van der Waals surface area contributed by atoms with E-state index in [1.165, 1.54) is 24.8 Å². The maximum Gasteiger partial charge on any atom is -0.0161 e. The first-order chi connectivity index (χ1) is 8.78. The summed E-state index contributed by atoms with van der Waals surface area (Å²) in [4.78, 5) is 0. The number of rotatable bonds is 9. The molecule has 0 amide bonds. The first-order valence-corrected chi connectivity index (χ1v) is 7.43. The molecule has 0 aromatic heterocycles. The van der Waals surface area contributed by atoms with E-state index in [1.807, 2.05) is 0 Å². The van der Waals surface area contributed by atoms with E-state index >= 15 is 0 Å². The van der Waals surface area contributed by atoms with Crippen molar-refractivity contribution in [3.05, 3.63) is 47.6 Å². The smallest absolute Gasteiger partial charge is 0.0161 e. The highest BCUT2D eigenvalue weighted by atomic mass is 14.0. The second-order valence-corrected chi connectivity index (χ2v) is 4.50. The summed E-state index contributed by atoms with van der Waals surface area (Å²) in [7, 11) is 0. The SMILES string of the molecule is CC=CC(=CCC=C(CC)CCC=CCC)CC. The van der Waals surface area contributed by atoms with Gasteiger partial charge in [-0.3, -0.25) is 0 Å². The van der Waals surface area contributed by atoms with Gasteiger partial charge in [-0.2, -0.15) is 0 Å². The van der Waals surface area contributed by atoms with Crippen molar-refractivity contribution in [3.8, 4) is 0 Å². The highest BCUT2D eigenvalue weighted by molar-refractivity contribution is 5.19. The number of hydrogen-bond donors (Lipinski definition) is 0. The molecule has 102 valence electrons. The van der Waals surface area contributed by atoms with Crippen molar-refractivity contribution in [2.75, 3.05) is 0 Å². The van der Waals surface area contributed by atoms with Gasteiger partial charge in [-0.15, -0.1) is 0 Å². The van der Waals surface area contributed by atoms with E-state index < -0.39 is 0 Å². The number of allylic oxidation sites excluding steroid dienone is 8. The minimum atomic E-state index is 1.08. The summed E-state index contributed by atoms with van der Waals surface area (Å²) in [5, 5.41) is 0. The molecule has 0 aromatic carbocycles. The summed E-state index contributed by atoms with van der Waals surface area (Å²) in [6.45, 7) is 8.74. The average molecular weight is 246 g/mol. The van der Waals surface area contributed by atoms with E-state index in [9.17, 15) is 0 Å². The Balaban J connectivity index is 4.22. The van der Waals surface area contributed by atoms with Crippen molar-refractivity contribution in [1.29, 1.82) is 0 Å². The van der Waals surface area contributed by atoms with Crippen molar-refractivity contribution in [2.45, 2.75) is 66.2 Å². The highest BCUT2D eigenvalue weighted by Gasteiger charge is 1.92. The molecule has 0 saturated carbocycles. The maximum absolute atomic E-state index is 2.40. The lowest BCUT2D eigenvalue weighted by atomic mass is 10.0. The molecule has 0 atom stereocenters. The molecule has 0 aliphatic carbocycles. The molecule has 18 heavy (non-hydrogen) atoms. The predicted octanol–water partition coefficient (Wildman–Crippen LogP) is 6.37. The Kier molecular flexibility index (Phi) is 11.7. The van der Waals surface area contributed by atoms with Gasteiger partial charge in [0.25, 0.3) is 0 Å². The van der Waals surface area contributed by atoms with E-state index in [-0.39, 0.29) is 0 Å². The summed E-state index contributed by atoms with van der Waals surface area (Å²) in [5.41, 5.74) is 3.03. The second kappa shape index (κ2) is 12.4. The van der Waals surface area contributed by atoms with Crippen LogP contribution in [0.2, 0.25) is 0 Å². The molecule has 0 aliphatic rings. The van der Waals surface area contributed by atoms with Gasteiger partial charge in [0, 0.05) is 0 Å². The monoisotopic (exact) mass is 246 g/mol. The molecule has 0 aromatic rings. The summed E-state index contributed by atoms with van der Waals surface area (Å²) in [6.07, 6.45) is 20.6. The molecular formula is C18H30. The van der Waals surface area contributed by atoms with Crippen molar-refractivity contribution in [1.82, 2.24) is 0 Å². The van der Waals surface area contributed by atoms with Crippen LogP contribution in [0.3, 0.4) is 0 Å². The van der Waals surface area contributed by atoms with Gasteiger partial charge >= 0.3 is 0 Å². The Morgan fingerprint density at radius 1 is 0.944 bits per heavy atom. The molecular weight excluding hydrogens is 216 g/mol. The summed E-state index contributed by atoms with van der Waals surface area (Å²) in [6, 6.07) is 0. The zero-order valence-electron chi connectivity index (χ0n) is 12.7. The van der Waals surface area contributed by atoms with Crippen LogP contribution in [0.25, 0.3) is 0 Å². The van der Waals surface area contributed by atoms with Crippen molar-refractivity contribution in [2.24, 2.45) is 0 Å². The topological polar surface area (TPSA) is 0 Å². The van der Waals surface area contributed by atoms with Crippen LogP contribution >= 0.6 is 0 Å². The molecule has 0 heterocycles. The van der Waals surface area contributed by atoms with Crippen molar-refractivity contribution >= 4 is 0 Å². The second-order valence-electron chi connectivity index (χ2n) is 4.50. The number of hydrogen-bond acceptors (Lipinski definition) is 0. The van der Waals surface area contributed by atoms with Gasteiger partial charge in [-0.1, -0.05) is 68.4 Å². The zero-order chi connectivity index (χ0) is 13.6. The average Bonchev–Trinajstić information content (AvgIpc) is 2.40. The van der Waals surface area contributed by atoms with Crippen LogP contribution in [0.15, 0.2) is 47.6 Å². The molecule has 0 saturated heterocycles. The standard InChI is InChI=1S/C18H30/c1-5-9-10-11-14-18(8-4)16-12-15-17(7-3)13-6-2/h6,9-10,13,15-16H,5,7-8,11-12,14H2,1-4H3. The van der Waals surface area contributed by atoms with E-state index in [0.29, 0.717) is 0 Å². The minimum Gasteiger partial charge on any atom is -0.0888 e. The van der Waals surface area contributed by atoms with E-state index in [4.69, 9.17) is 0 Å². The highest BCUT2D eigenvalue weighted by Crippen LogP contribution is 2.13. The Hall–Kier alpha value is -1.04. The lowest BCUT2D eigenvalue weighted by Gasteiger charge is -2.02. The molecule has 0 rings (SSSR count). The molecule has 0 bridgehead atoms. The van der Waals surface area contributed by atoms with Crippen LogP contribution < -0.4 is 0 Å². The quantitative estimate of drug-likeness (QED) is 0.327. The molecule has 0 heteroatoms. The fraction of sp³-hybridized carbons (Fsp3) is 0.556. The van der Waals surface area contributed by atoms with Crippen molar-refractivity contribution in [3.63, 3.8) is 0 Å². The molecule has 0 N–H and O–H groups in total. The van der Waals surface area contributed by atoms with Gasteiger partial charge in [0.15, 0.2) is 0 Å². The van der Waals surface area contributed by atoms with E-state index in [1.54, 1.807) is 5.57 Å². The van der Waals surface area contributed by atoms with E-state index in [2.05, 4.69) is 64.2 Å². The molecule has 0 unspecified atom stereocenters. The molecule has 0 fully saturated rings. The van der Waals surface area contributed by atoms with Gasteiger partial charge in [-0.05, 0) is 45.4 Å². The summed E-state index contributed by atoms with van der Waals surface area (Å²) in [5.74, 6) is 0. The normalized spacial score (nSPS) is 14.0. The third kappa shape index (κ3) is 9.04. The van der Waals surface area contributed by atoms with Gasteiger partial charge in [-0.25, -0.2) is 0 Å². The first-order valence-electron chi connectivity index (χ1n) is 7.43. The van der Waals surface area contributed by atoms with Gasteiger partial charge < -0.3 is 0 Å². The summed E-state index contributed by atoms with van der Waals surface area (Å²) < 4.78 is 0. The third-order valence-corrected chi connectivity index (χ3v) is 3.06. The van der Waals surface area contributed by atoms with Crippen LogP contribution in [0, 0.1) is 0 Å². The Labute approximate surface area is 114 Å². The van der Waals surface area contributed by atoms with Gasteiger partial charge in [0.1, 0.15) is 0 Å². The Morgan fingerprint density at radius 3 is 2.28 bits per heavy atom. The molecule has 0 radical (unpaired) electrons. The fourth-order valence-electron chi connectivity index (χ4n) is 1.90. The first kappa shape index (κ1) is 17.0. The maximum atomic E-state index is 2.40. The van der Waals surface area contributed by atoms with Crippen LogP contribution in [0.4, 0.5) is 0 Å². The minimum absolute atomic E-state index is 1.08. The predicted molar refractivity (Wildman–Crippen MR) is 84.8 cm³/mol. The van der Waals surface area contributed by atoms with E-state index in [0.717, 1.165) is 19.3 Å². The third-order valence-electron chi connectivity index (χ3n) is 3.06. The Morgan fingerprint density at radius 2 is 1.72 bits per heavy atom. The van der Waals surface area contributed by atoms with Gasteiger partial charge in [0.2, 0.25) is 0 Å². The van der Waals surface area contributed by atoms with Crippen LogP contribution in [-0.4, -0.2) is 0 Å². The van der Waals surface area contributed by atoms with Crippen LogP contribution in [0.5, 0.6) is 0 Å².